The number of nitrogens with zero attached hydrogens (tertiary/aromatic N) is 2. The summed E-state index contributed by atoms with van der Waals surface area (Å²) in [5.41, 5.74) is 4.13. The summed E-state index contributed by atoms with van der Waals surface area (Å²) in [6.45, 7) is 0.459. The predicted molar refractivity (Wildman–Crippen MR) is 88.0 cm³/mol. The SMILES string of the molecule is [NH3+]C(=O)C1CCCN1C(=O)C(Cc1cnc[nH]1)NC(=O)C1CCC(=O)N1. The number of carbonyl (C=O) groups is 4. The smallest absolute Gasteiger partial charge is 0.331 e. The van der Waals surface area contributed by atoms with Crippen LogP contribution in [0.4, 0.5) is 0 Å². The van der Waals surface area contributed by atoms with Crippen molar-refractivity contribution in [3.8, 4) is 0 Å². The summed E-state index contributed by atoms with van der Waals surface area (Å²) >= 11 is 0. The Morgan fingerprint density at radius 1 is 1.38 bits per heavy atom. The zero-order valence-electron chi connectivity index (χ0n) is 14.4. The number of hydrogen-bond donors (Lipinski definition) is 4. The van der Waals surface area contributed by atoms with Gasteiger partial charge in [-0.3, -0.25) is 20.1 Å². The number of carbonyl (C=O) groups excluding carboxylic acids is 4. The third-order valence-corrected chi connectivity index (χ3v) is 4.81. The van der Waals surface area contributed by atoms with E-state index in [-0.39, 0.29) is 24.1 Å². The fraction of sp³-hybridized carbons (Fsp3) is 0.562. The second kappa shape index (κ2) is 7.65. The number of rotatable bonds is 6. The maximum atomic E-state index is 13.0. The summed E-state index contributed by atoms with van der Waals surface area (Å²) in [5, 5.41) is 5.32. The topological polar surface area (TPSA) is 152 Å². The van der Waals surface area contributed by atoms with Crippen LogP contribution in [0.3, 0.4) is 0 Å². The van der Waals surface area contributed by atoms with Crippen molar-refractivity contribution in [2.24, 2.45) is 0 Å². The van der Waals surface area contributed by atoms with Gasteiger partial charge in [-0.05, 0) is 19.3 Å². The summed E-state index contributed by atoms with van der Waals surface area (Å²) in [5.74, 6) is -1.20. The molecule has 140 valence electrons. The number of imidazole rings is 1. The Morgan fingerprint density at radius 3 is 2.81 bits per heavy atom. The molecule has 1 aromatic rings. The van der Waals surface area contributed by atoms with Crippen molar-refractivity contribution in [3.05, 3.63) is 18.2 Å². The Bertz CT molecular complexity index is 704. The Hall–Kier alpha value is -2.75. The Kier molecular flexibility index (Phi) is 5.31. The first kappa shape index (κ1) is 18.1. The minimum atomic E-state index is -0.847. The fourth-order valence-electron chi connectivity index (χ4n) is 3.46. The quantitative estimate of drug-likeness (QED) is 0.439. The molecule has 3 unspecified atom stereocenters. The lowest BCUT2D eigenvalue weighted by Crippen LogP contribution is -2.66. The van der Waals surface area contributed by atoms with Crippen LogP contribution in [0, 0.1) is 0 Å². The van der Waals surface area contributed by atoms with Gasteiger partial charge in [-0.25, -0.2) is 9.78 Å². The van der Waals surface area contributed by atoms with Gasteiger partial charge in [0.15, 0.2) is 0 Å². The van der Waals surface area contributed by atoms with Gasteiger partial charge in [0.2, 0.25) is 17.7 Å². The summed E-state index contributed by atoms with van der Waals surface area (Å²) < 4.78 is 0. The van der Waals surface area contributed by atoms with Gasteiger partial charge < -0.3 is 20.5 Å². The van der Waals surface area contributed by atoms with Gasteiger partial charge in [0.05, 0.1) is 6.33 Å². The number of likely N-dealkylation sites (tertiary alicyclic amines) is 1. The maximum absolute atomic E-state index is 13.0. The van der Waals surface area contributed by atoms with Gasteiger partial charge in [0.25, 0.3) is 0 Å². The molecule has 1 aromatic heterocycles. The third kappa shape index (κ3) is 3.90. The van der Waals surface area contributed by atoms with E-state index in [2.05, 4.69) is 26.3 Å². The molecule has 26 heavy (non-hydrogen) atoms. The van der Waals surface area contributed by atoms with Gasteiger partial charge in [0.1, 0.15) is 18.1 Å². The lowest BCUT2D eigenvalue weighted by atomic mass is 10.1. The van der Waals surface area contributed by atoms with Crippen molar-refractivity contribution in [2.45, 2.75) is 50.2 Å². The summed E-state index contributed by atoms with van der Waals surface area (Å²) in [6.07, 6.45) is 5.30. The first-order valence-electron chi connectivity index (χ1n) is 8.69. The molecular formula is C16H23N6O4+. The van der Waals surface area contributed by atoms with Crippen LogP contribution in [0.15, 0.2) is 12.5 Å². The van der Waals surface area contributed by atoms with Gasteiger partial charge >= 0.3 is 5.91 Å². The highest BCUT2D eigenvalue weighted by molar-refractivity contribution is 5.95. The summed E-state index contributed by atoms with van der Waals surface area (Å²) in [6, 6.07) is -2.03. The van der Waals surface area contributed by atoms with E-state index in [0.717, 1.165) is 6.42 Å². The average molecular weight is 363 g/mol. The molecule has 0 aromatic carbocycles. The normalized spacial score (nSPS) is 23.6. The first-order chi connectivity index (χ1) is 12.5. The van der Waals surface area contributed by atoms with Gasteiger partial charge in [0, 0.05) is 31.3 Å². The second-order valence-corrected chi connectivity index (χ2v) is 6.66. The molecule has 3 heterocycles. The zero-order valence-corrected chi connectivity index (χ0v) is 14.4. The van der Waals surface area contributed by atoms with Crippen LogP contribution in [0.5, 0.6) is 0 Å². The van der Waals surface area contributed by atoms with Gasteiger partial charge in [-0.2, -0.15) is 0 Å². The van der Waals surface area contributed by atoms with Crippen molar-refractivity contribution in [2.75, 3.05) is 6.54 Å². The standard InChI is InChI=1S/C16H22N6O4/c17-14(24)12-2-1-5-22(12)16(26)11(6-9-7-18-8-19-9)21-15(25)10-3-4-13(23)20-10/h7-8,10-12H,1-6H2,(H2,17,24)(H,18,19)(H,20,23)(H,21,25)/p+1. The summed E-state index contributed by atoms with van der Waals surface area (Å²) in [4.78, 5) is 56.9. The predicted octanol–water partition coefficient (Wildman–Crippen LogP) is -2.52. The van der Waals surface area contributed by atoms with E-state index < -0.39 is 24.0 Å². The van der Waals surface area contributed by atoms with Crippen molar-refractivity contribution in [1.29, 1.82) is 0 Å². The highest BCUT2D eigenvalue weighted by Gasteiger charge is 2.39. The van der Waals surface area contributed by atoms with Crippen LogP contribution >= 0.6 is 0 Å². The van der Waals surface area contributed by atoms with Crippen molar-refractivity contribution < 1.29 is 24.9 Å². The van der Waals surface area contributed by atoms with Crippen molar-refractivity contribution in [3.63, 3.8) is 0 Å². The molecule has 2 aliphatic heterocycles. The molecule has 0 saturated carbocycles. The van der Waals surface area contributed by atoms with Crippen LogP contribution in [0.25, 0.3) is 0 Å². The molecule has 2 saturated heterocycles. The van der Waals surface area contributed by atoms with E-state index in [9.17, 15) is 19.2 Å². The molecule has 3 rings (SSSR count). The third-order valence-electron chi connectivity index (χ3n) is 4.81. The average Bonchev–Trinajstić information content (AvgIpc) is 3.34. The van der Waals surface area contributed by atoms with Crippen LogP contribution in [0.2, 0.25) is 0 Å². The number of H-pyrrole nitrogens is 1. The van der Waals surface area contributed by atoms with Crippen molar-refractivity contribution in [1.82, 2.24) is 25.5 Å². The Morgan fingerprint density at radius 2 is 2.19 bits per heavy atom. The van der Waals surface area contributed by atoms with Crippen LogP contribution in [0.1, 0.15) is 31.4 Å². The molecule has 0 bridgehead atoms. The minimum Gasteiger partial charge on any atom is -0.348 e. The van der Waals surface area contributed by atoms with Crippen LogP contribution in [-0.4, -0.2) is 63.2 Å². The van der Waals surface area contributed by atoms with Crippen LogP contribution in [-0.2, 0) is 25.6 Å². The number of aromatic nitrogens is 2. The van der Waals surface area contributed by atoms with Crippen molar-refractivity contribution >= 4 is 23.6 Å². The molecule has 6 N–H and O–H groups in total. The highest BCUT2D eigenvalue weighted by atomic mass is 16.2. The van der Waals surface area contributed by atoms with E-state index in [4.69, 9.17) is 0 Å². The summed E-state index contributed by atoms with van der Waals surface area (Å²) in [7, 11) is 0. The maximum Gasteiger partial charge on any atom is 0.331 e. The van der Waals surface area contributed by atoms with Crippen LogP contribution < -0.4 is 16.4 Å². The van der Waals surface area contributed by atoms with E-state index in [1.807, 2.05) is 0 Å². The van der Waals surface area contributed by atoms with E-state index in [1.54, 1.807) is 6.20 Å². The molecule has 0 radical (unpaired) electrons. The first-order valence-corrected chi connectivity index (χ1v) is 8.69. The zero-order chi connectivity index (χ0) is 18.7. The van der Waals surface area contributed by atoms with E-state index >= 15 is 0 Å². The minimum absolute atomic E-state index is 0.177. The Balaban J connectivity index is 1.74. The molecule has 0 spiro atoms. The largest absolute Gasteiger partial charge is 0.348 e. The monoisotopic (exact) mass is 363 g/mol. The molecule has 4 amide bonds. The Labute approximate surface area is 149 Å². The lowest BCUT2D eigenvalue weighted by molar-refractivity contribution is -0.310. The number of nitrogens with one attached hydrogen (secondary N) is 3. The molecule has 10 nitrogen and oxygen atoms in total. The molecule has 0 aliphatic carbocycles. The lowest BCUT2D eigenvalue weighted by Gasteiger charge is -2.27. The molecule has 10 heteroatoms. The van der Waals surface area contributed by atoms with Gasteiger partial charge in [-0.1, -0.05) is 0 Å². The number of hydrogen-bond acceptors (Lipinski definition) is 5. The molecule has 3 atom stereocenters. The molecule has 2 aliphatic rings. The second-order valence-electron chi connectivity index (χ2n) is 6.66. The number of amides is 4. The fourth-order valence-corrected chi connectivity index (χ4v) is 3.46. The highest BCUT2D eigenvalue weighted by Crippen LogP contribution is 2.19. The van der Waals surface area contributed by atoms with E-state index in [1.165, 1.54) is 11.2 Å². The molecular weight excluding hydrogens is 340 g/mol. The molecule has 2 fully saturated rings. The van der Waals surface area contributed by atoms with E-state index in [0.29, 0.717) is 31.5 Å². The number of quaternary nitrogens is 1. The number of aromatic amines is 1. The van der Waals surface area contributed by atoms with Gasteiger partial charge in [-0.15, -0.1) is 0 Å².